The van der Waals surface area contributed by atoms with Gasteiger partial charge in [0.25, 0.3) is 5.91 Å². The number of rotatable bonds is 6. The Bertz CT molecular complexity index is 653. The highest BCUT2D eigenvalue weighted by Gasteiger charge is 2.30. The molecule has 0 unspecified atom stereocenters. The van der Waals surface area contributed by atoms with E-state index in [0.29, 0.717) is 0 Å². The van der Waals surface area contributed by atoms with Crippen molar-refractivity contribution in [1.29, 1.82) is 0 Å². The SMILES string of the molecule is CCOC(=O)/C=C/C(=O)O[C@@H](C)C(=O)Nc1ccc(C(F)(F)F)cc1. The molecule has 0 bridgehead atoms. The van der Waals surface area contributed by atoms with E-state index in [0.717, 1.165) is 36.4 Å². The van der Waals surface area contributed by atoms with E-state index in [1.165, 1.54) is 6.92 Å². The van der Waals surface area contributed by atoms with Crippen LogP contribution < -0.4 is 5.32 Å². The van der Waals surface area contributed by atoms with Crippen LogP contribution in [0.4, 0.5) is 18.9 Å². The van der Waals surface area contributed by atoms with Crippen LogP contribution in [0.3, 0.4) is 0 Å². The Morgan fingerprint density at radius 3 is 2.20 bits per heavy atom. The van der Waals surface area contributed by atoms with Crippen molar-refractivity contribution in [3.05, 3.63) is 42.0 Å². The fourth-order valence-electron chi connectivity index (χ4n) is 1.58. The molecular formula is C16H16F3NO5. The van der Waals surface area contributed by atoms with Crippen LogP contribution in [0.5, 0.6) is 0 Å². The maximum absolute atomic E-state index is 12.4. The predicted molar refractivity (Wildman–Crippen MR) is 81.4 cm³/mol. The second-order valence-corrected chi connectivity index (χ2v) is 4.73. The number of carbonyl (C=O) groups is 3. The minimum absolute atomic E-state index is 0.114. The summed E-state index contributed by atoms with van der Waals surface area (Å²) < 4.78 is 46.7. The Hall–Kier alpha value is -2.84. The first-order valence-corrected chi connectivity index (χ1v) is 7.17. The van der Waals surface area contributed by atoms with Gasteiger partial charge in [0.2, 0.25) is 0 Å². The van der Waals surface area contributed by atoms with Crippen LogP contribution in [0, 0.1) is 0 Å². The van der Waals surface area contributed by atoms with E-state index >= 15 is 0 Å². The Morgan fingerprint density at radius 1 is 1.12 bits per heavy atom. The average molecular weight is 359 g/mol. The number of hydrogen-bond acceptors (Lipinski definition) is 5. The van der Waals surface area contributed by atoms with E-state index in [9.17, 15) is 27.6 Å². The number of benzene rings is 1. The molecule has 0 spiro atoms. The molecule has 0 radical (unpaired) electrons. The molecule has 136 valence electrons. The lowest BCUT2D eigenvalue weighted by Crippen LogP contribution is -2.29. The molecular weight excluding hydrogens is 343 g/mol. The zero-order chi connectivity index (χ0) is 19.0. The summed E-state index contributed by atoms with van der Waals surface area (Å²) in [6.07, 6.45) is -4.04. The fraction of sp³-hybridized carbons (Fsp3) is 0.312. The van der Waals surface area contributed by atoms with Crippen LogP contribution in [-0.4, -0.2) is 30.6 Å². The first-order chi connectivity index (χ1) is 11.6. The molecule has 6 nitrogen and oxygen atoms in total. The van der Waals surface area contributed by atoms with Crippen molar-refractivity contribution >= 4 is 23.5 Å². The number of ether oxygens (including phenoxy) is 2. The van der Waals surface area contributed by atoms with Crippen LogP contribution in [0.2, 0.25) is 0 Å². The molecule has 1 rings (SSSR count). The number of halogens is 3. The zero-order valence-corrected chi connectivity index (χ0v) is 13.4. The van der Waals surface area contributed by atoms with Crippen LogP contribution >= 0.6 is 0 Å². The van der Waals surface area contributed by atoms with E-state index < -0.39 is 35.7 Å². The number of alkyl halides is 3. The van der Waals surface area contributed by atoms with Gasteiger partial charge in [0.1, 0.15) is 0 Å². The van der Waals surface area contributed by atoms with Gasteiger partial charge in [-0.2, -0.15) is 13.2 Å². The predicted octanol–water partition coefficient (Wildman–Crippen LogP) is 2.69. The van der Waals surface area contributed by atoms with Crippen molar-refractivity contribution in [3.8, 4) is 0 Å². The van der Waals surface area contributed by atoms with E-state index in [2.05, 4.69) is 10.1 Å². The van der Waals surface area contributed by atoms with Crippen molar-refractivity contribution in [3.63, 3.8) is 0 Å². The lowest BCUT2D eigenvalue weighted by atomic mass is 10.2. The molecule has 1 amide bonds. The quantitative estimate of drug-likeness (QED) is 0.624. The summed E-state index contributed by atoms with van der Waals surface area (Å²) in [6.45, 7) is 3.01. The van der Waals surface area contributed by atoms with Gasteiger partial charge in [0.05, 0.1) is 12.2 Å². The first-order valence-electron chi connectivity index (χ1n) is 7.17. The van der Waals surface area contributed by atoms with Crippen LogP contribution in [0.15, 0.2) is 36.4 Å². The molecule has 0 heterocycles. The first kappa shape index (κ1) is 20.2. The van der Waals surface area contributed by atoms with Gasteiger partial charge < -0.3 is 14.8 Å². The van der Waals surface area contributed by atoms with E-state index in [1.54, 1.807) is 6.92 Å². The number of amides is 1. The maximum Gasteiger partial charge on any atom is 0.416 e. The molecule has 0 saturated heterocycles. The summed E-state index contributed by atoms with van der Waals surface area (Å²) in [5.41, 5.74) is -0.739. The lowest BCUT2D eigenvalue weighted by Gasteiger charge is -2.13. The molecule has 1 aromatic rings. The molecule has 0 fully saturated rings. The van der Waals surface area contributed by atoms with Gasteiger partial charge >= 0.3 is 18.1 Å². The normalized spacial score (nSPS) is 12.5. The summed E-state index contributed by atoms with van der Waals surface area (Å²) in [5.74, 6) is -2.41. The summed E-state index contributed by atoms with van der Waals surface area (Å²) >= 11 is 0. The number of anilines is 1. The molecule has 25 heavy (non-hydrogen) atoms. The third-order valence-corrected chi connectivity index (χ3v) is 2.78. The van der Waals surface area contributed by atoms with Gasteiger partial charge in [-0.05, 0) is 38.1 Å². The Kier molecular flexibility index (Phi) is 7.16. The third-order valence-electron chi connectivity index (χ3n) is 2.78. The monoisotopic (exact) mass is 359 g/mol. The topological polar surface area (TPSA) is 81.7 Å². The minimum atomic E-state index is -4.48. The van der Waals surface area contributed by atoms with Gasteiger partial charge in [-0.25, -0.2) is 9.59 Å². The van der Waals surface area contributed by atoms with Gasteiger partial charge in [-0.15, -0.1) is 0 Å². The average Bonchev–Trinajstić information content (AvgIpc) is 2.52. The second-order valence-electron chi connectivity index (χ2n) is 4.73. The van der Waals surface area contributed by atoms with Crippen LogP contribution in [0.1, 0.15) is 19.4 Å². The number of nitrogens with one attached hydrogen (secondary N) is 1. The summed E-state index contributed by atoms with van der Waals surface area (Å²) in [4.78, 5) is 34.3. The summed E-state index contributed by atoms with van der Waals surface area (Å²) in [6, 6.07) is 3.79. The highest BCUT2D eigenvalue weighted by Crippen LogP contribution is 2.29. The number of hydrogen-bond donors (Lipinski definition) is 1. The molecule has 1 atom stereocenters. The van der Waals surface area contributed by atoms with Crippen molar-refractivity contribution in [2.24, 2.45) is 0 Å². The molecule has 0 aliphatic rings. The maximum atomic E-state index is 12.4. The minimum Gasteiger partial charge on any atom is -0.463 e. The Labute approximate surface area is 141 Å². The third kappa shape index (κ3) is 7.06. The number of esters is 2. The molecule has 9 heteroatoms. The molecule has 1 N–H and O–H groups in total. The van der Waals surface area contributed by atoms with Crippen molar-refractivity contribution in [2.45, 2.75) is 26.1 Å². The molecule has 0 aromatic heterocycles. The van der Waals surface area contributed by atoms with E-state index in [1.807, 2.05) is 0 Å². The van der Waals surface area contributed by atoms with E-state index in [4.69, 9.17) is 4.74 Å². The van der Waals surface area contributed by atoms with Crippen molar-refractivity contribution < 1.29 is 37.0 Å². The highest BCUT2D eigenvalue weighted by molar-refractivity contribution is 5.97. The molecule has 1 aromatic carbocycles. The summed E-state index contributed by atoms with van der Waals surface area (Å²) in [7, 11) is 0. The Balaban J connectivity index is 2.56. The van der Waals surface area contributed by atoms with Crippen LogP contribution in [0.25, 0.3) is 0 Å². The van der Waals surface area contributed by atoms with Gasteiger partial charge in [0, 0.05) is 17.8 Å². The van der Waals surface area contributed by atoms with E-state index in [-0.39, 0.29) is 12.3 Å². The molecule has 0 aliphatic carbocycles. The standard InChI is InChI=1S/C16H16F3NO5/c1-3-24-13(21)8-9-14(22)25-10(2)15(23)20-12-6-4-11(5-7-12)16(17,18)19/h4-10H,3H2,1-2H3,(H,20,23)/b9-8+/t10-/m0/s1. The molecule has 0 aliphatic heterocycles. The smallest absolute Gasteiger partial charge is 0.416 e. The largest absolute Gasteiger partial charge is 0.463 e. The highest BCUT2D eigenvalue weighted by atomic mass is 19.4. The Morgan fingerprint density at radius 2 is 1.68 bits per heavy atom. The summed E-state index contributed by atoms with van der Waals surface area (Å²) in [5, 5.41) is 2.31. The van der Waals surface area contributed by atoms with Gasteiger partial charge in [0.15, 0.2) is 6.10 Å². The van der Waals surface area contributed by atoms with Crippen LogP contribution in [-0.2, 0) is 30.0 Å². The lowest BCUT2D eigenvalue weighted by molar-refractivity contribution is -0.148. The zero-order valence-electron chi connectivity index (χ0n) is 13.4. The molecule has 0 saturated carbocycles. The van der Waals surface area contributed by atoms with Gasteiger partial charge in [-0.3, -0.25) is 4.79 Å². The van der Waals surface area contributed by atoms with Crippen molar-refractivity contribution in [2.75, 3.05) is 11.9 Å². The fourth-order valence-corrected chi connectivity index (χ4v) is 1.58. The second kappa shape index (κ2) is 8.86. The van der Waals surface area contributed by atoms with Crippen molar-refractivity contribution in [1.82, 2.24) is 0 Å². The van der Waals surface area contributed by atoms with Gasteiger partial charge in [-0.1, -0.05) is 0 Å². The number of carbonyl (C=O) groups excluding carboxylic acids is 3.